The highest BCUT2D eigenvalue weighted by atomic mass is 32.1. The van der Waals surface area contributed by atoms with E-state index in [4.69, 9.17) is 13.9 Å². The molecule has 0 radical (unpaired) electrons. The molecular weight excluding hydrogens is 364 g/mol. The van der Waals surface area contributed by atoms with Crippen molar-refractivity contribution in [2.75, 3.05) is 14.2 Å². The van der Waals surface area contributed by atoms with E-state index in [0.717, 1.165) is 26.9 Å². The van der Waals surface area contributed by atoms with Gasteiger partial charge in [0.1, 0.15) is 11.3 Å². The van der Waals surface area contributed by atoms with Crippen LogP contribution in [0.15, 0.2) is 45.8 Å². The molecule has 0 aliphatic carbocycles. The number of carbonyl (C=O) groups excluding carboxylic acids is 1. The molecule has 0 saturated carbocycles. The molecule has 1 amide bonds. The second kappa shape index (κ2) is 6.59. The highest BCUT2D eigenvalue weighted by Crippen LogP contribution is 2.30. The van der Waals surface area contributed by atoms with E-state index >= 15 is 0 Å². The zero-order chi connectivity index (χ0) is 19.1. The van der Waals surface area contributed by atoms with E-state index in [9.17, 15) is 4.79 Å². The van der Waals surface area contributed by atoms with Gasteiger partial charge in [0.2, 0.25) is 0 Å². The van der Waals surface area contributed by atoms with Crippen LogP contribution in [0.2, 0.25) is 0 Å². The quantitative estimate of drug-likeness (QED) is 0.536. The SMILES string of the molecule is COc1cccc2cc(C(=O)N=c3sc4c(C)ccc(OC)c4n3C)oc12. The van der Waals surface area contributed by atoms with E-state index in [1.807, 2.05) is 42.8 Å². The first-order valence-electron chi connectivity index (χ1n) is 8.32. The molecule has 138 valence electrons. The first kappa shape index (κ1) is 17.4. The Morgan fingerprint density at radius 2 is 1.93 bits per heavy atom. The Morgan fingerprint density at radius 1 is 1.15 bits per heavy atom. The molecule has 0 spiro atoms. The molecule has 2 aromatic carbocycles. The maximum absolute atomic E-state index is 12.7. The van der Waals surface area contributed by atoms with Crippen molar-refractivity contribution in [2.24, 2.45) is 12.0 Å². The summed E-state index contributed by atoms with van der Waals surface area (Å²) in [6.45, 7) is 2.02. The number of furan rings is 1. The summed E-state index contributed by atoms with van der Waals surface area (Å²) in [4.78, 5) is 17.6. The number of carbonyl (C=O) groups is 1. The minimum atomic E-state index is -0.438. The Bertz CT molecular complexity index is 1250. The minimum Gasteiger partial charge on any atom is -0.495 e. The second-order valence-corrected chi connectivity index (χ2v) is 7.09. The summed E-state index contributed by atoms with van der Waals surface area (Å²) in [7, 11) is 5.07. The van der Waals surface area contributed by atoms with Gasteiger partial charge in [0.25, 0.3) is 0 Å². The molecule has 0 aliphatic heterocycles. The number of rotatable bonds is 3. The van der Waals surface area contributed by atoms with E-state index in [-0.39, 0.29) is 5.76 Å². The Labute approximate surface area is 159 Å². The fourth-order valence-electron chi connectivity index (χ4n) is 3.06. The number of ether oxygens (including phenoxy) is 2. The van der Waals surface area contributed by atoms with Crippen LogP contribution in [0.4, 0.5) is 0 Å². The van der Waals surface area contributed by atoms with Crippen molar-refractivity contribution in [2.45, 2.75) is 6.92 Å². The van der Waals surface area contributed by atoms with Crippen molar-refractivity contribution in [3.8, 4) is 11.5 Å². The maximum atomic E-state index is 12.7. The number of fused-ring (bicyclic) bond motifs is 2. The van der Waals surface area contributed by atoms with E-state index in [1.54, 1.807) is 26.4 Å². The average molecular weight is 382 g/mol. The molecule has 6 nitrogen and oxygen atoms in total. The van der Waals surface area contributed by atoms with Crippen LogP contribution in [0.25, 0.3) is 21.2 Å². The average Bonchev–Trinajstić information content (AvgIpc) is 3.25. The third-order valence-electron chi connectivity index (χ3n) is 4.46. The fraction of sp³-hybridized carbons (Fsp3) is 0.200. The normalized spacial score (nSPS) is 12.1. The zero-order valence-electron chi connectivity index (χ0n) is 15.4. The van der Waals surface area contributed by atoms with Gasteiger partial charge < -0.3 is 18.5 Å². The van der Waals surface area contributed by atoms with Crippen LogP contribution in [-0.4, -0.2) is 24.7 Å². The van der Waals surface area contributed by atoms with Crippen LogP contribution in [0, 0.1) is 6.92 Å². The van der Waals surface area contributed by atoms with Gasteiger partial charge in [-0.3, -0.25) is 4.79 Å². The molecule has 0 atom stereocenters. The number of thiazole rings is 1. The van der Waals surface area contributed by atoms with E-state index < -0.39 is 5.91 Å². The van der Waals surface area contributed by atoms with E-state index in [0.29, 0.717) is 16.1 Å². The first-order valence-corrected chi connectivity index (χ1v) is 9.14. The topological polar surface area (TPSA) is 66.0 Å². The lowest BCUT2D eigenvalue weighted by atomic mass is 10.2. The second-order valence-electron chi connectivity index (χ2n) is 6.11. The van der Waals surface area contributed by atoms with Crippen molar-refractivity contribution in [3.05, 3.63) is 52.5 Å². The Kier molecular flexibility index (Phi) is 4.24. The van der Waals surface area contributed by atoms with E-state index in [2.05, 4.69) is 4.99 Å². The van der Waals surface area contributed by atoms with Crippen molar-refractivity contribution in [1.82, 2.24) is 4.57 Å². The van der Waals surface area contributed by atoms with Gasteiger partial charge in [-0.05, 0) is 30.7 Å². The van der Waals surface area contributed by atoms with Gasteiger partial charge in [0.15, 0.2) is 21.9 Å². The molecule has 0 fully saturated rings. The summed E-state index contributed by atoms with van der Waals surface area (Å²) in [5.74, 6) is 1.07. The monoisotopic (exact) mass is 382 g/mol. The number of hydrogen-bond donors (Lipinski definition) is 0. The lowest BCUT2D eigenvalue weighted by Gasteiger charge is -2.05. The van der Waals surface area contributed by atoms with E-state index in [1.165, 1.54) is 11.3 Å². The van der Waals surface area contributed by atoms with Crippen LogP contribution in [0.3, 0.4) is 0 Å². The van der Waals surface area contributed by atoms with Crippen molar-refractivity contribution in [1.29, 1.82) is 0 Å². The molecule has 27 heavy (non-hydrogen) atoms. The molecule has 0 aliphatic rings. The molecule has 7 heteroatoms. The first-order chi connectivity index (χ1) is 13.0. The zero-order valence-corrected chi connectivity index (χ0v) is 16.2. The van der Waals surface area contributed by atoms with Crippen LogP contribution >= 0.6 is 11.3 Å². The smallest absolute Gasteiger partial charge is 0.315 e. The van der Waals surface area contributed by atoms with Gasteiger partial charge in [-0.2, -0.15) is 4.99 Å². The number of aryl methyl sites for hydroxylation is 2. The number of aromatic nitrogens is 1. The number of methoxy groups -OCH3 is 2. The molecule has 0 saturated heterocycles. The largest absolute Gasteiger partial charge is 0.495 e. The Balaban J connectivity index is 1.85. The third kappa shape index (κ3) is 2.80. The lowest BCUT2D eigenvalue weighted by molar-refractivity contribution is 0.0973. The highest BCUT2D eigenvalue weighted by molar-refractivity contribution is 7.16. The maximum Gasteiger partial charge on any atom is 0.315 e. The van der Waals surface area contributed by atoms with Crippen LogP contribution in [0.1, 0.15) is 16.1 Å². The summed E-state index contributed by atoms with van der Waals surface area (Å²) in [6, 6.07) is 11.1. The molecule has 2 aromatic heterocycles. The lowest BCUT2D eigenvalue weighted by Crippen LogP contribution is -2.13. The van der Waals surface area contributed by atoms with Gasteiger partial charge in [-0.15, -0.1) is 0 Å². The molecule has 4 aromatic rings. The predicted octanol–water partition coefficient (Wildman–Crippen LogP) is 4.05. The standard InChI is InChI=1S/C20H18N2O4S/c1-11-8-9-13(24-3)16-18(11)27-20(22(16)2)21-19(23)15-10-12-6-5-7-14(25-4)17(12)26-15/h5-10H,1-4H3. The van der Waals surface area contributed by atoms with Crippen LogP contribution in [-0.2, 0) is 7.05 Å². The van der Waals surface area contributed by atoms with Gasteiger partial charge in [0, 0.05) is 12.4 Å². The number of hydrogen-bond acceptors (Lipinski definition) is 5. The summed E-state index contributed by atoms with van der Waals surface area (Å²) in [5, 5.41) is 0.797. The number of nitrogens with zero attached hydrogens (tertiary/aromatic N) is 2. The molecule has 2 heterocycles. The highest BCUT2D eigenvalue weighted by Gasteiger charge is 2.16. The number of amides is 1. The van der Waals surface area contributed by atoms with Crippen molar-refractivity contribution in [3.63, 3.8) is 0 Å². The fourth-order valence-corrected chi connectivity index (χ4v) is 4.17. The Hall–Kier alpha value is -3.06. The molecular formula is C20H18N2O4S. The van der Waals surface area contributed by atoms with Gasteiger partial charge in [-0.25, -0.2) is 0 Å². The van der Waals surface area contributed by atoms with Gasteiger partial charge >= 0.3 is 5.91 Å². The van der Waals surface area contributed by atoms with Crippen LogP contribution < -0.4 is 14.3 Å². The molecule has 0 N–H and O–H groups in total. The third-order valence-corrected chi connectivity index (χ3v) is 5.73. The summed E-state index contributed by atoms with van der Waals surface area (Å²) >= 11 is 1.45. The minimum absolute atomic E-state index is 0.177. The van der Waals surface area contributed by atoms with Gasteiger partial charge in [0.05, 0.1) is 18.9 Å². The van der Waals surface area contributed by atoms with Crippen molar-refractivity contribution >= 4 is 38.4 Å². The summed E-state index contributed by atoms with van der Waals surface area (Å²) in [5.41, 5.74) is 2.56. The molecule has 0 unspecified atom stereocenters. The van der Waals surface area contributed by atoms with Gasteiger partial charge in [-0.1, -0.05) is 29.5 Å². The number of benzene rings is 2. The predicted molar refractivity (Wildman–Crippen MR) is 105 cm³/mol. The molecule has 4 rings (SSSR count). The summed E-state index contributed by atoms with van der Waals surface area (Å²) in [6.07, 6.45) is 0. The van der Waals surface area contributed by atoms with Crippen LogP contribution in [0.5, 0.6) is 11.5 Å². The molecule has 0 bridgehead atoms. The Morgan fingerprint density at radius 3 is 2.67 bits per heavy atom. The summed E-state index contributed by atoms with van der Waals surface area (Å²) < 4.78 is 19.4. The number of para-hydroxylation sites is 1. The van der Waals surface area contributed by atoms with Crippen molar-refractivity contribution < 1.29 is 18.7 Å².